The fourth-order valence-electron chi connectivity index (χ4n) is 4.34. The summed E-state index contributed by atoms with van der Waals surface area (Å²) in [4.78, 5) is 14.0. The summed E-state index contributed by atoms with van der Waals surface area (Å²) < 4.78 is 6.19. The smallest absolute Gasteiger partial charge is 0.134 e. The summed E-state index contributed by atoms with van der Waals surface area (Å²) in [6, 6.07) is 21.1. The van der Waals surface area contributed by atoms with Gasteiger partial charge in [0, 0.05) is 48.4 Å². The van der Waals surface area contributed by atoms with Gasteiger partial charge in [-0.05, 0) is 26.0 Å². The second kappa shape index (κ2) is 10.9. The Morgan fingerprint density at radius 3 is 1.33 bits per heavy atom. The molecule has 0 radical (unpaired) electrons. The average molecular weight is 485 g/mol. The van der Waals surface area contributed by atoms with Crippen molar-refractivity contribution in [1.29, 1.82) is 0 Å². The molecular weight excluding hydrogens is 455 g/mol. The molecule has 0 bridgehead atoms. The fourth-order valence-corrected chi connectivity index (χ4v) is 4.34. The van der Waals surface area contributed by atoms with Crippen LogP contribution >= 0.6 is 24.8 Å². The summed E-state index contributed by atoms with van der Waals surface area (Å²) in [6.07, 6.45) is 0. The second-order valence-corrected chi connectivity index (χ2v) is 7.89. The van der Waals surface area contributed by atoms with Crippen molar-refractivity contribution in [2.24, 2.45) is 9.98 Å². The van der Waals surface area contributed by atoms with Crippen molar-refractivity contribution in [2.45, 2.75) is 13.8 Å². The van der Waals surface area contributed by atoms with E-state index in [0.717, 1.165) is 73.6 Å². The van der Waals surface area contributed by atoms with Gasteiger partial charge < -0.3 is 14.2 Å². The Kier molecular flexibility index (Phi) is 8.22. The van der Waals surface area contributed by atoms with Crippen LogP contribution in [0, 0.1) is 0 Å². The highest BCUT2D eigenvalue weighted by Crippen LogP contribution is 2.29. The van der Waals surface area contributed by atoms with Gasteiger partial charge in [-0.15, -0.1) is 24.8 Å². The van der Waals surface area contributed by atoms with E-state index in [9.17, 15) is 0 Å². The lowest BCUT2D eigenvalue weighted by Crippen LogP contribution is -2.27. The van der Waals surface area contributed by atoms with Crippen molar-refractivity contribution >= 4 is 36.5 Å². The molecule has 0 saturated carbocycles. The van der Waals surface area contributed by atoms with Gasteiger partial charge in [-0.3, -0.25) is 9.98 Å². The first-order chi connectivity index (χ1) is 15.3. The Morgan fingerprint density at radius 1 is 0.606 bits per heavy atom. The van der Waals surface area contributed by atoms with Crippen molar-refractivity contribution in [3.8, 4) is 22.6 Å². The fraction of sp³-hybridized carbons (Fsp3) is 0.308. The lowest BCUT2D eigenvalue weighted by molar-refractivity contribution is 0.484. The topological polar surface area (TPSA) is 44.3 Å². The maximum Gasteiger partial charge on any atom is 0.134 e. The molecule has 7 heteroatoms. The van der Waals surface area contributed by atoms with E-state index in [2.05, 4.69) is 82.2 Å². The third-order valence-electron chi connectivity index (χ3n) is 6.09. The van der Waals surface area contributed by atoms with Gasteiger partial charge in [0.1, 0.15) is 23.2 Å². The molecule has 33 heavy (non-hydrogen) atoms. The Bertz CT molecular complexity index is 1030. The maximum atomic E-state index is 6.19. The zero-order valence-corrected chi connectivity index (χ0v) is 20.7. The molecule has 0 unspecified atom stereocenters. The van der Waals surface area contributed by atoms with Gasteiger partial charge in [-0.25, -0.2) is 0 Å². The van der Waals surface area contributed by atoms with Crippen LogP contribution in [0.5, 0.6) is 0 Å². The zero-order valence-electron chi connectivity index (χ0n) is 19.0. The number of likely N-dealkylation sites (N-methyl/N-ethyl adjacent to an activating group) is 2. The van der Waals surface area contributed by atoms with E-state index < -0.39 is 0 Å². The number of nitrogens with zero attached hydrogens (tertiary/aromatic N) is 4. The first kappa shape index (κ1) is 24.9. The molecule has 5 rings (SSSR count). The number of benzene rings is 2. The number of rotatable bonds is 6. The molecule has 0 fully saturated rings. The number of amidine groups is 2. The van der Waals surface area contributed by atoms with Crippen LogP contribution in [0.15, 0.2) is 75.1 Å². The van der Waals surface area contributed by atoms with Crippen LogP contribution in [0.3, 0.4) is 0 Å². The summed E-state index contributed by atoms with van der Waals surface area (Å²) in [6.45, 7) is 10.1. The SMILES string of the molecule is CCN1CCN=C1c1ccc(-c2ccc(-c3ccc(C4=NCCN4CC)cc3)o2)cc1.Cl.Cl. The standard InChI is InChI=1S/C26H28N4O.2ClH/c1-3-29-17-15-27-25(29)21-9-5-19(6-10-21)23-13-14-24(31-23)20-7-11-22(12-8-20)26-28-16-18-30(26)4-2;;/h5-14H,3-4,15-18H2,1-2H3;2*1H. The minimum absolute atomic E-state index is 0. The number of aliphatic imine (C=N–C) groups is 2. The van der Waals surface area contributed by atoms with Crippen LogP contribution in [0.4, 0.5) is 0 Å². The summed E-state index contributed by atoms with van der Waals surface area (Å²) in [5.41, 5.74) is 4.49. The summed E-state index contributed by atoms with van der Waals surface area (Å²) in [5, 5.41) is 0. The van der Waals surface area contributed by atoms with Gasteiger partial charge in [0.2, 0.25) is 0 Å². The number of hydrogen-bond donors (Lipinski definition) is 0. The van der Waals surface area contributed by atoms with E-state index >= 15 is 0 Å². The summed E-state index contributed by atoms with van der Waals surface area (Å²) in [7, 11) is 0. The first-order valence-corrected chi connectivity index (χ1v) is 11.2. The van der Waals surface area contributed by atoms with Crippen LogP contribution in [-0.2, 0) is 0 Å². The summed E-state index contributed by atoms with van der Waals surface area (Å²) in [5.74, 6) is 3.96. The van der Waals surface area contributed by atoms with Crippen LogP contribution in [0.2, 0.25) is 0 Å². The van der Waals surface area contributed by atoms with Crippen LogP contribution in [-0.4, -0.2) is 60.7 Å². The molecule has 1 aromatic heterocycles. The molecule has 174 valence electrons. The molecule has 2 aromatic carbocycles. The maximum absolute atomic E-state index is 6.19. The first-order valence-electron chi connectivity index (χ1n) is 11.2. The Hall–Kier alpha value is -2.76. The molecule has 0 aliphatic carbocycles. The largest absolute Gasteiger partial charge is 0.456 e. The quantitative estimate of drug-likeness (QED) is 0.455. The van der Waals surface area contributed by atoms with E-state index in [-0.39, 0.29) is 24.8 Å². The Morgan fingerprint density at radius 2 is 0.970 bits per heavy atom. The highest BCUT2D eigenvalue weighted by molar-refractivity contribution is 6.00. The third-order valence-corrected chi connectivity index (χ3v) is 6.09. The van der Waals surface area contributed by atoms with E-state index in [1.807, 2.05) is 12.1 Å². The minimum atomic E-state index is 0. The molecule has 5 nitrogen and oxygen atoms in total. The molecule has 3 aromatic rings. The average Bonchev–Trinajstić information content (AvgIpc) is 3.59. The molecule has 3 heterocycles. The molecule has 0 saturated heterocycles. The van der Waals surface area contributed by atoms with Gasteiger partial charge in [-0.1, -0.05) is 48.5 Å². The monoisotopic (exact) mass is 484 g/mol. The predicted octanol–water partition coefficient (Wildman–Crippen LogP) is 5.62. The lowest BCUT2D eigenvalue weighted by atomic mass is 10.1. The van der Waals surface area contributed by atoms with Gasteiger partial charge in [0.15, 0.2) is 0 Å². The molecule has 0 atom stereocenters. The molecule has 0 N–H and O–H groups in total. The van der Waals surface area contributed by atoms with Crippen molar-refractivity contribution < 1.29 is 4.42 Å². The van der Waals surface area contributed by atoms with Gasteiger partial charge in [0.05, 0.1) is 13.1 Å². The van der Waals surface area contributed by atoms with Crippen LogP contribution in [0.25, 0.3) is 22.6 Å². The zero-order chi connectivity index (χ0) is 21.2. The van der Waals surface area contributed by atoms with Crippen molar-refractivity contribution in [3.05, 3.63) is 71.8 Å². The summed E-state index contributed by atoms with van der Waals surface area (Å²) >= 11 is 0. The van der Waals surface area contributed by atoms with Gasteiger partial charge in [0.25, 0.3) is 0 Å². The van der Waals surface area contributed by atoms with Gasteiger partial charge >= 0.3 is 0 Å². The molecule has 2 aliphatic rings. The Labute approximate surface area is 208 Å². The molecule has 0 spiro atoms. The highest BCUT2D eigenvalue weighted by Gasteiger charge is 2.18. The van der Waals surface area contributed by atoms with Gasteiger partial charge in [-0.2, -0.15) is 0 Å². The second-order valence-electron chi connectivity index (χ2n) is 7.89. The van der Waals surface area contributed by atoms with E-state index in [0.29, 0.717) is 0 Å². The van der Waals surface area contributed by atoms with E-state index in [1.165, 1.54) is 11.1 Å². The number of furan rings is 1. The predicted molar refractivity (Wildman–Crippen MR) is 141 cm³/mol. The van der Waals surface area contributed by atoms with Crippen molar-refractivity contribution in [2.75, 3.05) is 39.3 Å². The Balaban J connectivity index is 0.00000153. The normalized spacial score (nSPS) is 15.1. The van der Waals surface area contributed by atoms with E-state index in [4.69, 9.17) is 4.42 Å². The lowest BCUT2D eigenvalue weighted by Gasteiger charge is -2.18. The van der Waals surface area contributed by atoms with Crippen LogP contribution in [0.1, 0.15) is 25.0 Å². The molecular formula is C26H30Cl2N4O. The van der Waals surface area contributed by atoms with Crippen LogP contribution < -0.4 is 0 Å². The highest BCUT2D eigenvalue weighted by atomic mass is 35.5. The van der Waals surface area contributed by atoms with Crippen molar-refractivity contribution in [3.63, 3.8) is 0 Å². The van der Waals surface area contributed by atoms with Crippen molar-refractivity contribution in [1.82, 2.24) is 9.80 Å². The molecule has 2 aliphatic heterocycles. The number of halogens is 2. The molecule has 0 amide bonds. The van der Waals surface area contributed by atoms with E-state index in [1.54, 1.807) is 0 Å². The number of hydrogen-bond acceptors (Lipinski definition) is 5. The third kappa shape index (κ3) is 4.94. The minimum Gasteiger partial charge on any atom is -0.456 e.